The van der Waals surface area contributed by atoms with Gasteiger partial charge in [-0.15, -0.1) is 0 Å². The van der Waals surface area contributed by atoms with Gasteiger partial charge in [-0.25, -0.2) is 4.39 Å². The highest BCUT2D eigenvalue weighted by atomic mass is 19.1. The summed E-state index contributed by atoms with van der Waals surface area (Å²) >= 11 is 0. The van der Waals surface area contributed by atoms with Crippen LogP contribution in [0.2, 0.25) is 0 Å². The summed E-state index contributed by atoms with van der Waals surface area (Å²) in [7, 11) is 0. The monoisotopic (exact) mass is 235 g/mol. The van der Waals surface area contributed by atoms with Gasteiger partial charge in [-0.2, -0.15) is 0 Å². The summed E-state index contributed by atoms with van der Waals surface area (Å²) in [5, 5.41) is 3.50. The lowest BCUT2D eigenvalue weighted by atomic mass is 9.96. The summed E-state index contributed by atoms with van der Waals surface area (Å²) in [5.74, 6) is 0. The zero-order valence-corrected chi connectivity index (χ0v) is 10.8. The smallest absolute Gasteiger partial charge is 0.109 e. The third kappa shape index (κ3) is 4.12. The molecular weight excluding hydrogens is 213 g/mol. The molecule has 2 rings (SSSR count). The number of alkyl halides is 1. The van der Waals surface area contributed by atoms with Crippen molar-refractivity contribution < 1.29 is 4.39 Å². The Hall–Kier alpha value is -0.890. The predicted octanol–water partition coefficient (Wildman–Crippen LogP) is 3.27. The van der Waals surface area contributed by atoms with Crippen LogP contribution in [0, 0.1) is 0 Å². The van der Waals surface area contributed by atoms with Crippen LogP contribution in [0.25, 0.3) is 0 Å². The van der Waals surface area contributed by atoms with E-state index in [0.29, 0.717) is 12.5 Å². The second kappa shape index (κ2) is 5.18. The number of nitrogens with one attached hydrogen (secondary N) is 1. The molecule has 17 heavy (non-hydrogen) atoms. The maximum absolute atomic E-state index is 13.6. The summed E-state index contributed by atoms with van der Waals surface area (Å²) in [4.78, 5) is 0. The minimum Gasteiger partial charge on any atom is -0.314 e. The fourth-order valence-corrected chi connectivity index (χ4v) is 2.57. The lowest BCUT2D eigenvalue weighted by Gasteiger charge is -2.15. The highest BCUT2D eigenvalue weighted by Gasteiger charge is 2.17. The van der Waals surface area contributed by atoms with E-state index < -0.39 is 5.67 Å². The van der Waals surface area contributed by atoms with Crippen molar-refractivity contribution in [2.24, 2.45) is 0 Å². The molecule has 0 spiro atoms. The summed E-state index contributed by atoms with van der Waals surface area (Å²) in [6.07, 6.45) is 4.11. The molecule has 1 aliphatic heterocycles. The van der Waals surface area contributed by atoms with Gasteiger partial charge in [0.25, 0.3) is 0 Å². The average Bonchev–Trinajstić information content (AvgIpc) is 2.68. The second-order valence-electron chi connectivity index (χ2n) is 5.71. The summed E-state index contributed by atoms with van der Waals surface area (Å²) in [5.41, 5.74) is 1.31. The van der Waals surface area contributed by atoms with Gasteiger partial charge >= 0.3 is 0 Å². The Balaban J connectivity index is 2.00. The standard InChI is InChI=1S/C15H22FN/c1-15(2,16)11-13-6-3-5-12(9-13)10-14-7-4-8-17-14/h3,5-6,9,14,17H,4,7-8,10-11H2,1-2H3. The maximum atomic E-state index is 13.6. The number of benzene rings is 1. The highest BCUT2D eigenvalue weighted by Crippen LogP contribution is 2.19. The lowest BCUT2D eigenvalue weighted by molar-refractivity contribution is 0.217. The topological polar surface area (TPSA) is 12.0 Å². The van der Waals surface area contributed by atoms with E-state index in [1.165, 1.54) is 18.4 Å². The normalized spacial score (nSPS) is 20.8. The summed E-state index contributed by atoms with van der Waals surface area (Å²) in [6, 6.07) is 8.98. The van der Waals surface area contributed by atoms with Gasteiger partial charge < -0.3 is 5.32 Å². The quantitative estimate of drug-likeness (QED) is 0.844. The lowest BCUT2D eigenvalue weighted by Crippen LogP contribution is -2.23. The van der Waals surface area contributed by atoms with E-state index in [2.05, 4.69) is 17.4 Å². The van der Waals surface area contributed by atoms with Gasteiger partial charge in [0.15, 0.2) is 0 Å². The molecule has 0 saturated carbocycles. The first kappa shape index (κ1) is 12.6. The fraction of sp³-hybridized carbons (Fsp3) is 0.600. The number of halogens is 1. The zero-order chi connectivity index (χ0) is 12.3. The van der Waals surface area contributed by atoms with Crippen LogP contribution in [0.5, 0.6) is 0 Å². The number of hydrogen-bond donors (Lipinski definition) is 1. The van der Waals surface area contributed by atoms with E-state index in [-0.39, 0.29) is 0 Å². The third-order valence-corrected chi connectivity index (χ3v) is 3.26. The largest absolute Gasteiger partial charge is 0.314 e. The van der Waals surface area contributed by atoms with Crippen LogP contribution in [0.3, 0.4) is 0 Å². The van der Waals surface area contributed by atoms with Gasteiger partial charge in [-0.3, -0.25) is 0 Å². The molecule has 1 heterocycles. The van der Waals surface area contributed by atoms with Crippen LogP contribution in [-0.4, -0.2) is 18.3 Å². The molecule has 1 N–H and O–H groups in total. The van der Waals surface area contributed by atoms with Gasteiger partial charge in [-0.05, 0) is 50.8 Å². The molecule has 1 saturated heterocycles. The van der Waals surface area contributed by atoms with Crippen LogP contribution in [0.1, 0.15) is 37.8 Å². The summed E-state index contributed by atoms with van der Waals surface area (Å²) in [6.45, 7) is 4.41. The SMILES string of the molecule is CC(C)(F)Cc1cccc(CC2CCCN2)c1. The van der Waals surface area contributed by atoms with Crippen molar-refractivity contribution in [2.45, 2.75) is 51.2 Å². The molecule has 0 radical (unpaired) electrons. The first-order valence-corrected chi connectivity index (χ1v) is 6.53. The zero-order valence-electron chi connectivity index (χ0n) is 10.8. The molecule has 0 aliphatic carbocycles. The highest BCUT2D eigenvalue weighted by molar-refractivity contribution is 5.25. The van der Waals surface area contributed by atoms with E-state index in [1.54, 1.807) is 13.8 Å². The molecule has 0 amide bonds. The van der Waals surface area contributed by atoms with Crippen LogP contribution < -0.4 is 5.32 Å². The van der Waals surface area contributed by atoms with Gasteiger partial charge in [0, 0.05) is 12.5 Å². The molecule has 0 bridgehead atoms. The molecule has 1 fully saturated rings. The van der Waals surface area contributed by atoms with E-state index in [4.69, 9.17) is 0 Å². The first-order valence-electron chi connectivity index (χ1n) is 6.53. The summed E-state index contributed by atoms with van der Waals surface area (Å²) < 4.78 is 13.6. The number of hydrogen-bond acceptors (Lipinski definition) is 1. The molecule has 1 aliphatic rings. The van der Waals surface area contributed by atoms with Crippen molar-refractivity contribution in [3.05, 3.63) is 35.4 Å². The molecule has 1 aromatic carbocycles. The Morgan fingerprint density at radius 1 is 1.35 bits per heavy atom. The van der Waals surface area contributed by atoms with Gasteiger partial charge in [0.2, 0.25) is 0 Å². The predicted molar refractivity (Wildman–Crippen MR) is 70.1 cm³/mol. The van der Waals surface area contributed by atoms with Crippen LogP contribution in [0.15, 0.2) is 24.3 Å². The van der Waals surface area contributed by atoms with E-state index in [0.717, 1.165) is 18.5 Å². The van der Waals surface area contributed by atoms with Crippen molar-refractivity contribution in [2.75, 3.05) is 6.54 Å². The molecule has 94 valence electrons. The Bertz CT molecular complexity index is 361. The fourth-order valence-electron chi connectivity index (χ4n) is 2.57. The van der Waals surface area contributed by atoms with Crippen molar-refractivity contribution in [3.63, 3.8) is 0 Å². The van der Waals surface area contributed by atoms with Crippen LogP contribution >= 0.6 is 0 Å². The van der Waals surface area contributed by atoms with Crippen LogP contribution in [-0.2, 0) is 12.8 Å². The molecular formula is C15H22FN. The Morgan fingerprint density at radius 3 is 2.76 bits per heavy atom. The molecule has 1 unspecified atom stereocenters. The average molecular weight is 235 g/mol. The maximum Gasteiger partial charge on any atom is 0.109 e. The Morgan fingerprint density at radius 2 is 2.12 bits per heavy atom. The van der Waals surface area contributed by atoms with Crippen molar-refractivity contribution >= 4 is 0 Å². The molecule has 1 nitrogen and oxygen atoms in total. The molecule has 2 heteroatoms. The van der Waals surface area contributed by atoms with Crippen LogP contribution in [0.4, 0.5) is 4.39 Å². The van der Waals surface area contributed by atoms with Crippen molar-refractivity contribution in [1.29, 1.82) is 0 Å². The molecule has 0 aromatic heterocycles. The Labute approximate surface area is 103 Å². The van der Waals surface area contributed by atoms with Gasteiger partial charge in [-0.1, -0.05) is 24.3 Å². The van der Waals surface area contributed by atoms with Gasteiger partial charge in [0.05, 0.1) is 0 Å². The minimum absolute atomic E-state index is 0.499. The van der Waals surface area contributed by atoms with E-state index in [9.17, 15) is 4.39 Å². The third-order valence-electron chi connectivity index (χ3n) is 3.26. The van der Waals surface area contributed by atoms with Crippen molar-refractivity contribution in [1.82, 2.24) is 5.32 Å². The van der Waals surface area contributed by atoms with Gasteiger partial charge in [0.1, 0.15) is 5.67 Å². The van der Waals surface area contributed by atoms with E-state index >= 15 is 0 Å². The molecule has 1 atom stereocenters. The minimum atomic E-state index is -1.12. The first-order chi connectivity index (χ1) is 8.03. The van der Waals surface area contributed by atoms with Crippen molar-refractivity contribution in [3.8, 4) is 0 Å². The Kier molecular flexibility index (Phi) is 3.82. The second-order valence-corrected chi connectivity index (χ2v) is 5.71. The molecule has 1 aromatic rings. The van der Waals surface area contributed by atoms with E-state index in [1.807, 2.05) is 12.1 Å². The number of rotatable bonds is 4.